The van der Waals surface area contributed by atoms with Gasteiger partial charge in [0.25, 0.3) is 0 Å². The number of carbonyl (C=O) groups excluding carboxylic acids is 2. The summed E-state index contributed by atoms with van der Waals surface area (Å²) in [7, 11) is -5.97. The summed E-state index contributed by atoms with van der Waals surface area (Å²) in [6, 6.07) is -2.22. The molecule has 12 heteroatoms. The van der Waals surface area contributed by atoms with Crippen molar-refractivity contribution >= 4 is 25.7 Å². The Kier molecular flexibility index (Phi) is 5.92. The Morgan fingerprint density at radius 2 is 1.04 bits per heavy atom. The fraction of sp³-hybridized carbons (Fsp3) is 0.912. The fourth-order valence-electron chi connectivity index (χ4n) is 1.69. The molecule has 0 radical (unpaired) electrons. The third-order valence-electron chi connectivity index (χ3n) is 3.41. The van der Waals surface area contributed by atoms with Gasteiger partial charge < -0.3 is 25.2 Å². The van der Waals surface area contributed by atoms with E-state index in [1.54, 1.807) is 0 Å². The number of hydrogen-bond acceptors (Lipinski definition) is 9. The molecule has 0 rings (SSSR count). The van der Waals surface area contributed by atoms with Gasteiger partial charge in [-0.1, -0.05) is 141 Å². The van der Waals surface area contributed by atoms with Crippen LogP contribution in [0.1, 0.15) is 241 Å². The maximum absolute atomic E-state index is 13.8. The summed E-state index contributed by atoms with van der Waals surface area (Å²) in [5.41, 5.74) is 5.15. The van der Waals surface area contributed by atoms with Gasteiger partial charge in [0, 0.05) is 86.8 Å². The van der Waals surface area contributed by atoms with Crippen molar-refractivity contribution in [2.75, 3.05) is 19.8 Å². The maximum Gasteiger partial charge on any atom is 0.472 e. The Balaban J connectivity index is 8.12. The van der Waals surface area contributed by atoms with Gasteiger partial charge in [-0.3, -0.25) is 23.4 Å². The first-order valence-electron chi connectivity index (χ1n) is 38.4. The topological polar surface area (TPSA) is 172 Å². The highest BCUT2D eigenvalue weighted by molar-refractivity contribution is 7.47. The normalized spacial score (nSPS) is 39.4. The van der Waals surface area contributed by atoms with Crippen molar-refractivity contribution < 1.29 is 121 Å². The van der Waals surface area contributed by atoms with E-state index < -0.39 is 224 Å². The number of carbonyl (C=O) groups is 3. The third kappa shape index (κ3) is 29.9. The van der Waals surface area contributed by atoms with Crippen molar-refractivity contribution in [3.8, 4) is 0 Å². The molecule has 0 heterocycles. The lowest BCUT2D eigenvalue weighted by Crippen LogP contribution is -2.34. The number of phosphoric ester groups is 1. The minimum atomic E-state index is -5.97. The lowest BCUT2D eigenvalue weighted by atomic mass is 10.1. The smallest absolute Gasteiger partial charge is 0.472 e. The minimum Gasteiger partial charge on any atom is -0.480 e. The van der Waals surface area contributed by atoms with Gasteiger partial charge in [0.1, 0.15) is 12.6 Å². The van der Waals surface area contributed by atoms with Crippen LogP contribution in [0.5, 0.6) is 0 Å². The van der Waals surface area contributed by atoms with Gasteiger partial charge >= 0.3 is 25.7 Å². The Morgan fingerprint density at radius 3 is 1.48 bits per heavy atom. The van der Waals surface area contributed by atoms with Crippen molar-refractivity contribution in [3.63, 3.8) is 0 Å². The number of nitrogens with two attached hydrogens (primary N) is 1. The van der Waals surface area contributed by atoms with E-state index in [0.29, 0.717) is 0 Å². The first-order valence-corrected chi connectivity index (χ1v) is 12.9. The molecule has 272 valence electrons. The predicted octanol–water partition coefficient (Wildman–Crippen LogP) is 8.39. The van der Waals surface area contributed by atoms with Gasteiger partial charge in [-0.05, 0) is 12.7 Å². The lowest BCUT2D eigenvalue weighted by molar-refractivity contribution is -0.161. The number of ether oxygens (including phenoxy) is 2. The van der Waals surface area contributed by atoms with E-state index in [9.17, 15) is 23.8 Å². The van der Waals surface area contributed by atoms with Crippen LogP contribution in [0.2, 0.25) is 0 Å². The average molecular weight is 734 g/mol. The van der Waals surface area contributed by atoms with Gasteiger partial charge in [0.2, 0.25) is 0 Å². The molecule has 11 nitrogen and oxygen atoms in total. The van der Waals surface area contributed by atoms with Gasteiger partial charge in [-0.25, -0.2) is 4.57 Å². The van der Waals surface area contributed by atoms with E-state index >= 15 is 0 Å². The number of rotatable bonds is 34. The van der Waals surface area contributed by atoms with Crippen LogP contribution in [0.15, 0.2) is 0 Å². The molecular weight excluding hydrogens is 613 g/mol. The summed E-state index contributed by atoms with van der Waals surface area (Å²) >= 11 is 0. The highest BCUT2D eigenvalue weighted by atomic mass is 31.2. The highest BCUT2D eigenvalue weighted by Gasteiger charge is 2.28. The van der Waals surface area contributed by atoms with E-state index in [1.165, 1.54) is 0 Å². The first-order chi connectivity index (χ1) is 42.5. The summed E-state index contributed by atoms with van der Waals surface area (Å²) in [5.74, 6) is -8.16. The van der Waals surface area contributed by atoms with E-state index in [2.05, 4.69) is 18.5 Å². The number of hydrogen-bond donors (Lipinski definition) is 3. The second-order valence-electron chi connectivity index (χ2n) is 6.63. The van der Waals surface area contributed by atoms with Crippen LogP contribution in [0.4, 0.5) is 0 Å². The lowest BCUT2D eigenvalue weighted by Gasteiger charge is -2.20. The van der Waals surface area contributed by atoms with Crippen LogP contribution in [-0.4, -0.2) is 59.9 Å². The summed E-state index contributed by atoms with van der Waals surface area (Å²) in [6.45, 7) is -14.5. The molecule has 3 atom stereocenters. The number of esters is 2. The molecule has 0 saturated carbocycles. The molecule has 46 heavy (non-hydrogen) atoms. The summed E-state index contributed by atoms with van der Waals surface area (Å²) in [5, 5.41) is 9.01. The Hall–Kier alpha value is -1.52. The Labute approximate surface area is 354 Å². The van der Waals surface area contributed by atoms with Crippen LogP contribution >= 0.6 is 7.82 Å². The minimum absolute atomic E-state index is 1.52. The summed E-state index contributed by atoms with van der Waals surface area (Å²) in [4.78, 5) is 48.8. The molecule has 0 amide bonds. The zero-order valence-corrected chi connectivity index (χ0v) is 23.9. The number of phosphoric acid groups is 1. The molecule has 1 unspecified atom stereocenters. The average Bonchev–Trinajstić information content (AvgIpc) is 0.687. The quantitative estimate of drug-likeness (QED) is 0.0428. The van der Waals surface area contributed by atoms with Crippen molar-refractivity contribution in [1.82, 2.24) is 0 Å². The number of carboxylic acid groups (broad SMARTS) is 1. The van der Waals surface area contributed by atoms with Crippen molar-refractivity contribution in [2.24, 2.45) is 5.73 Å². The molecule has 0 fully saturated rings. The molecule has 0 bridgehead atoms. The molecule has 0 spiro atoms. The van der Waals surface area contributed by atoms with E-state index in [0.717, 1.165) is 0 Å². The highest BCUT2D eigenvalue weighted by Crippen LogP contribution is 2.43. The zero-order chi connectivity index (χ0) is 82.3. The van der Waals surface area contributed by atoms with Crippen LogP contribution in [0.3, 0.4) is 0 Å². The largest absolute Gasteiger partial charge is 0.480 e. The summed E-state index contributed by atoms with van der Waals surface area (Å²) < 4.78 is 469. The number of aliphatic carboxylic acids is 1. The molecule has 0 saturated heterocycles. The molecule has 0 aliphatic heterocycles. The molecule has 0 aromatic rings. The molecular formula is C34H66NO10P. The van der Waals surface area contributed by atoms with Gasteiger partial charge in [0.05, 0.1) is 13.2 Å². The zero-order valence-electron chi connectivity index (χ0n) is 77.0. The maximum atomic E-state index is 13.8. The predicted molar refractivity (Wildman–Crippen MR) is 180 cm³/mol. The standard InChI is InChI=1S/C34H66NO10P/c1-3-5-7-9-11-13-15-17-19-21-23-25-32(36)42-27-30(28-43-46(40,41)44-29-31(35)34(38)39)45-33(37)26-24-22-20-18-16-14-12-10-8-6-4-2/h30-31H,3-29,35H2,1-2H3,(H,38,39)(H,40,41)/t30-,31+/m1/s1/i1D3,2D3,3D2,4D2,5D2,6D2,7D2,8D2,9D2,10D2,11D2,12D2,13D2,14D2,15D2,16D2,17D2,18D2,19D2,20D2,21D2,22D2,23D2,24D2,25D2,26D2. The second-order valence-corrected chi connectivity index (χ2v) is 8.08. The van der Waals surface area contributed by atoms with Crippen molar-refractivity contribution in [1.29, 1.82) is 0 Å². The number of carboxylic acids is 1. The molecule has 4 N–H and O–H groups in total. The first kappa shape index (κ1) is 8.85. The van der Waals surface area contributed by atoms with Crippen LogP contribution in [-0.2, 0) is 37.5 Å². The van der Waals surface area contributed by atoms with Gasteiger partial charge in [-0.15, -0.1) is 0 Å². The summed E-state index contributed by atoms with van der Waals surface area (Å²) in [6.07, 6.45) is -128. The van der Waals surface area contributed by atoms with Gasteiger partial charge in [0.15, 0.2) is 6.10 Å². The fourth-order valence-corrected chi connectivity index (χ4v) is 2.47. The second kappa shape index (κ2) is 30.8. The van der Waals surface area contributed by atoms with Crippen molar-refractivity contribution in [3.05, 3.63) is 0 Å². The molecule has 0 aromatic carbocycles. The SMILES string of the molecule is [2H]C([2H])([2H])C([2H])([2H])C([2H])([2H])C([2H])([2H])C([2H])([2H])C([2H])([2H])C([2H])([2H])C([2H])([2H])C([2H])([2H])C([2H])([2H])C([2H])([2H])C([2H])([2H])C([2H])([2H])C(=O)OC[C@H](COP(=O)(O)OC[C@H](N)C(=O)O)OC(=O)C([2H])([2H])C([2H])([2H])C([2H])([2H])C([2H])([2H])C([2H])([2H])C([2H])([2H])C([2H])([2H])C([2H])([2H])C([2H])([2H])C([2H])([2H])C([2H])([2H])C([2H])([2H])C([2H])([2H])[2H]. The van der Waals surface area contributed by atoms with E-state index in [-0.39, 0.29) is 0 Å². The van der Waals surface area contributed by atoms with Crippen LogP contribution in [0.25, 0.3) is 0 Å². The Morgan fingerprint density at radius 1 is 0.652 bits per heavy atom. The van der Waals surface area contributed by atoms with Gasteiger partial charge in [-0.2, -0.15) is 0 Å². The molecule has 0 aliphatic rings. The molecule has 0 aromatic heterocycles. The third-order valence-corrected chi connectivity index (χ3v) is 4.36. The van der Waals surface area contributed by atoms with Crippen LogP contribution in [0, 0.1) is 0 Å². The van der Waals surface area contributed by atoms with E-state index in [4.69, 9.17) is 84.9 Å². The van der Waals surface area contributed by atoms with Crippen molar-refractivity contribution in [2.45, 2.75) is 179 Å². The monoisotopic (exact) mass is 734 g/mol. The van der Waals surface area contributed by atoms with Crippen LogP contribution < -0.4 is 5.73 Å². The van der Waals surface area contributed by atoms with E-state index in [1.807, 2.05) is 0 Å². The Bertz CT molecular complexity index is 3020. The molecule has 0 aliphatic carbocycles.